The number of aromatic carboxylic acids is 1. The lowest BCUT2D eigenvalue weighted by Gasteiger charge is -2.19. The summed E-state index contributed by atoms with van der Waals surface area (Å²) in [5, 5.41) is 9.90. The molecule has 0 radical (unpaired) electrons. The number of carboxylic acid groups (broad SMARTS) is 1. The molecule has 1 unspecified atom stereocenters. The maximum absolute atomic E-state index is 11.2. The molecule has 4 nitrogen and oxygen atoms in total. The van der Waals surface area contributed by atoms with E-state index in [1.165, 1.54) is 7.11 Å². The largest absolute Gasteiger partial charge is 0.496 e. The smallest absolute Gasteiger partial charge is 0.339 e. The van der Waals surface area contributed by atoms with Crippen LogP contribution in [-0.2, 0) is 0 Å². The number of carboxylic acids is 1. The first-order chi connectivity index (χ1) is 11.1. The van der Waals surface area contributed by atoms with Crippen molar-refractivity contribution in [3.05, 3.63) is 58.6 Å². The van der Waals surface area contributed by atoms with Crippen molar-refractivity contribution in [2.45, 2.75) is 12.3 Å². The van der Waals surface area contributed by atoms with Gasteiger partial charge in [-0.2, -0.15) is 0 Å². The summed E-state index contributed by atoms with van der Waals surface area (Å²) in [6.07, 6.45) is 1.03. The molecule has 120 valence electrons. The first-order valence-electron chi connectivity index (χ1n) is 7.50. The third-order valence-electron chi connectivity index (χ3n) is 4.31. The van der Waals surface area contributed by atoms with Gasteiger partial charge in [-0.3, -0.25) is 0 Å². The number of halogens is 1. The maximum Gasteiger partial charge on any atom is 0.339 e. The fourth-order valence-corrected chi connectivity index (χ4v) is 3.18. The van der Waals surface area contributed by atoms with Crippen LogP contribution in [0.1, 0.15) is 28.3 Å². The summed E-state index contributed by atoms with van der Waals surface area (Å²) in [6, 6.07) is 13.2. The minimum absolute atomic E-state index is 0.198. The molecule has 2 aromatic carbocycles. The van der Waals surface area contributed by atoms with Gasteiger partial charge in [0.2, 0.25) is 0 Å². The number of benzene rings is 2. The van der Waals surface area contributed by atoms with E-state index in [4.69, 9.17) is 21.4 Å². The lowest BCUT2D eigenvalue weighted by molar-refractivity contribution is 0.0693. The predicted molar refractivity (Wildman–Crippen MR) is 91.0 cm³/mol. The highest BCUT2D eigenvalue weighted by molar-refractivity contribution is 6.30. The molecule has 1 saturated heterocycles. The quantitative estimate of drug-likeness (QED) is 0.918. The molecule has 1 aliphatic heterocycles. The van der Waals surface area contributed by atoms with E-state index in [-0.39, 0.29) is 5.56 Å². The molecule has 1 atom stereocenters. The van der Waals surface area contributed by atoms with Crippen LogP contribution >= 0.6 is 11.6 Å². The zero-order chi connectivity index (χ0) is 16.4. The third-order valence-corrected chi connectivity index (χ3v) is 4.56. The van der Waals surface area contributed by atoms with E-state index in [1.54, 1.807) is 6.07 Å². The minimum Gasteiger partial charge on any atom is -0.496 e. The molecular weight excluding hydrogens is 314 g/mol. The van der Waals surface area contributed by atoms with Gasteiger partial charge in [-0.1, -0.05) is 17.7 Å². The predicted octanol–water partition coefficient (Wildman–Crippen LogP) is 4.04. The second-order valence-corrected chi connectivity index (χ2v) is 6.11. The van der Waals surface area contributed by atoms with Crippen LogP contribution in [0.2, 0.25) is 5.02 Å². The van der Waals surface area contributed by atoms with Crippen LogP contribution < -0.4 is 9.64 Å². The molecule has 23 heavy (non-hydrogen) atoms. The molecule has 1 N–H and O–H groups in total. The van der Waals surface area contributed by atoms with Crippen molar-refractivity contribution in [2.75, 3.05) is 25.1 Å². The van der Waals surface area contributed by atoms with Crippen LogP contribution in [0.15, 0.2) is 42.5 Å². The van der Waals surface area contributed by atoms with Crippen molar-refractivity contribution in [1.82, 2.24) is 0 Å². The summed E-state index contributed by atoms with van der Waals surface area (Å²) < 4.78 is 5.22. The lowest BCUT2D eigenvalue weighted by Crippen LogP contribution is -2.19. The molecule has 0 aromatic heterocycles. The van der Waals surface area contributed by atoms with Crippen molar-refractivity contribution in [2.24, 2.45) is 0 Å². The van der Waals surface area contributed by atoms with Gasteiger partial charge in [0.15, 0.2) is 0 Å². The highest BCUT2D eigenvalue weighted by Gasteiger charge is 2.25. The lowest BCUT2D eigenvalue weighted by atomic mass is 9.96. The van der Waals surface area contributed by atoms with Crippen molar-refractivity contribution in [1.29, 1.82) is 0 Å². The molecule has 1 fully saturated rings. The van der Waals surface area contributed by atoms with Crippen molar-refractivity contribution in [3.63, 3.8) is 0 Å². The molecule has 0 aliphatic carbocycles. The van der Waals surface area contributed by atoms with Gasteiger partial charge in [-0.25, -0.2) is 4.79 Å². The second kappa shape index (κ2) is 6.50. The maximum atomic E-state index is 11.2. The Balaban J connectivity index is 1.78. The van der Waals surface area contributed by atoms with Crippen molar-refractivity contribution >= 4 is 23.3 Å². The van der Waals surface area contributed by atoms with Gasteiger partial charge in [0.1, 0.15) is 11.3 Å². The number of ether oxygens (including phenoxy) is 1. The van der Waals surface area contributed by atoms with E-state index in [0.29, 0.717) is 11.7 Å². The van der Waals surface area contributed by atoms with Crippen LogP contribution in [-0.4, -0.2) is 31.3 Å². The molecular formula is C18H18ClNO3. The molecule has 0 amide bonds. The van der Waals surface area contributed by atoms with Crippen molar-refractivity contribution < 1.29 is 14.6 Å². The Morgan fingerprint density at radius 3 is 2.65 bits per heavy atom. The van der Waals surface area contributed by atoms with Gasteiger partial charge in [-0.15, -0.1) is 0 Å². The van der Waals surface area contributed by atoms with Crippen LogP contribution in [0.5, 0.6) is 5.75 Å². The minimum atomic E-state index is -0.970. The molecule has 5 heteroatoms. The van der Waals surface area contributed by atoms with E-state index in [2.05, 4.69) is 4.90 Å². The second-order valence-electron chi connectivity index (χ2n) is 5.67. The third kappa shape index (κ3) is 3.27. The molecule has 0 saturated carbocycles. The van der Waals surface area contributed by atoms with Gasteiger partial charge in [0, 0.05) is 29.7 Å². The van der Waals surface area contributed by atoms with Gasteiger partial charge in [0.25, 0.3) is 0 Å². The van der Waals surface area contributed by atoms with Gasteiger partial charge >= 0.3 is 5.97 Å². The van der Waals surface area contributed by atoms with Crippen LogP contribution in [0.4, 0.5) is 5.69 Å². The number of hydrogen-bond acceptors (Lipinski definition) is 3. The Morgan fingerprint density at radius 2 is 2.00 bits per heavy atom. The summed E-state index contributed by atoms with van der Waals surface area (Å²) in [6.45, 7) is 1.87. The highest BCUT2D eigenvalue weighted by atomic mass is 35.5. The van der Waals surface area contributed by atoms with E-state index in [9.17, 15) is 4.79 Å². The molecule has 1 aliphatic rings. The van der Waals surface area contributed by atoms with Gasteiger partial charge in [-0.05, 0) is 48.4 Å². The van der Waals surface area contributed by atoms with E-state index >= 15 is 0 Å². The average Bonchev–Trinajstić information content (AvgIpc) is 3.04. The highest BCUT2D eigenvalue weighted by Crippen LogP contribution is 2.33. The molecule has 0 bridgehead atoms. The van der Waals surface area contributed by atoms with Gasteiger partial charge < -0.3 is 14.7 Å². The number of nitrogens with zero attached hydrogens (tertiary/aromatic N) is 1. The zero-order valence-corrected chi connectivity index (χ0v) is 13.6. The van der Waals surface area contributed by atoms with Crippen LogP contribution in [0, 0.1) is 0 Å². The Morgan fingerprint density at radius 1 is 1.26 bits per heavy atom. The Kier molecular flexibility index (Phi) is 4.44. The molecule has 1 heterocycles. The number of hydrogen-bond donors (Lipinski definition) is 1. The van der Waals surface area contributed by atoms with E-state index in [0.717, 1.165) is 35.8 Å². The summed E-state index contributed by atoms with van der Waals surface area (Å²) >= 11 is 5.94. The molecule has 2 aromatic rings. The first kappa shape index (κ1) is 15.7. The first-order valence-corrected chi connectivity index (χ1v) is 7.88. The van der Waals surface area contributed by atoms with E-state index < -0.39 is 5.97 Å². The van der Waals surface area contributed by atoms with Crippen LogP contribution in [0.3, 0.4) is 0 Å². The van der Waals surface area contributed by atoms with Gasteiger partial charge in [0.05, 0.1) is 7.11 Å². The van der Waals surface area contributed by atoms with E-state index in [1.807, 2.05) is 36.4 Å². The standard InChI is InChI=1S/C18H18ClNO3/c1-23-17-10-12(2-7-16(17)18(21)22)13-8-9-20(11-13)15-5-3-14(19)4-6-15/h2-7,10,13H,8-9,11H2,1H3,(H,21,22). The number of anilines is 1. The van der Waals surface area contributed by atoms with Crippen molar-refractivity contribution in [3.8, 4) is 5.75 Å². The summed E-state index contributed by atoms with van der Waals surface area (Å²) in [7, 11) is 1.50. The fraction of sp³-hybridized carbons (Fsp3) is 0.278. The average molecular weight is 332 g/mol. The SMILES string of the molecule is COc1cc(C2CCN(c3ccc(Cl)cc3)C2)ccc1C(=O)O. The molecule has 3 rings (SSSR count). The number of methoxy groups -OCH3 is 1. The fourth-order valence-electron chi connectivity index (χ4n) is 3.06. The summed E-state index contributed by atoms with van der Waals surface area (Å²) in [5.74, 6) is -0.190. The summed E-state index contributed by atoms with van der Waals surface area (Å²) in [5.41, 5.74) is 2.47. The topological polar surface area (TPSA) is 49.8 Å². The molecule has 0 spiro atoms. The normalized spacial score (nSPS) is 17.3. The zero-order valence-electron chi connectivity index (χ0n) is 12.8. The Hall–Kier alpha value is -2.20. The Bertz CT molecular complexity index is 715. The summed E-state index contributed by atoms with van der Waals surface area (Å²) in [4.78, 5) is 13.5. The number of carbonyl (C=O) groups is 1. The van der Waals surface area contributed by atoms with Crippen LogP contribution in [0.25, 0.3) is 0 Å². The number of rotatable bonds is 4. The monoisotopic (exact) mass is 331 g/mol. The Labute approximate surface area is 140 Å².